The van der Waals surface area contributed by atoms with E-state index in [-0.39, 0.29) is 17.8 Å². The number of carboxylic acid groups (broad SMARTS) is 1. The summed E-state index contributed by atoms with van der Waals surface area (Å²) in [4.78, 5) is 40.9. The number of thiazole rings is 1. The number of nitrogens with one attached hydrogen (secondary N) is 2. The van der Waals surface area contributed by atoms with Gasteiger partial charge in [0.1, 0.15) is 12.6 Å². The van der Waals surface area contributed by atoms with Crippen LogP contribution >= 0.6 is 11.3 Å². The van der Waals surface area contributed by atoms with Crippen molar-refractivity contribution in [3.8, 4) is 0 Å². The molecule has 0 fully saturated rings. The highest BCUT2D eigenvalue weighted by Gasteiger charge is 2.21. The maximum atomic E-state index is 11.9. The molecule has 2 aromatic rings. The lowest BCUT2D eigenvalue weighted by Gasteiger charge is -2.14. The van der Waals surface area contributed by atoms with Crippen molar-refractivity contribution in [2.75, 3.05) is 0 Å². The molecular weight excluding hydrogens is 296 g/mol. The van der Waals surface area contributed by atoms with Crippen LogP contribution in [0, 0.1) is 6.92 Å². The van der Waals surface area contributed by atoms with E-state index in [4.69, 9.17) is 5.11 Å². The number of carbonyl (C=O) groups excluding carboxylic acids is 1. The van der Waals surface area contributed by atoms with E-state index in [0.29, 0.717) is 11.4 Å². The Balaban J connectivity index is 2.02. The molecule has 0 saturated carbocycles. The molecule has 0 aliphatic heterocycles. The Labute approximate surface area is 123 Å². The van der Waals surface area contributed by atoms with Crippen molar-refractivity contribution in [3.63, 3.8) is 0 Å². The highest BCUT2D eigenvalue weighted by molar-refractivity contribution is 7.07. The summed E-state index contributed by atoms with van der Waals surface area (Å²) in [7, 11) is 0. The average molecular weight is 310 g/mol. The number of H-pyrrole nitrogens is 1. The first-order valence-corrected chi connectivity index (χ1v) is 6.99. The highest BCUT2D eigenvalue weighted by atomic mass is 32.1. The summed E-state index contributed by atoms with van der Waals surface area (Å²) in [6.45, 7) is 1.52. The number of hydrogen-bond donors (Lipinski definition) is 3. The maximum absolute atomic E-state index is 11.9. The third kappa shape index (κ3) is 3.78. The Morgan fingerprint density at radius 3 is 2.86 bits per heavy atom. The fourth-order valence-electron chi connectivity index (χ4n) is 1.80. The summed E-state index contributed by atoms with van der Waals surface area (Å²) in [5, 5.41) is 13.2. The van der Waals surface area contributed by atoms with Gasteiger partial charge in [-0.3, -0.25) is 14.2 Å². The first-order chi connectivity index (χ1) is 9.97. The monoisotopic (exact) mass is 310 g/mol. The summed E-state index contributed by atoms with van der Waals surface area (Å²) in [5.41, 5.74) is 1.27. The predicted molar refractivity (Wildman–Crippen MR) is 75.2 cm³/mol. The van der Waals surface area contributed by atoms with Crippen LogP contribution in [0.25, 0.3) is 0 Å². The lowest BCUT2D eigenvalue weighted by molar-refractivity contribution is -0.141. The fraction of sp³-hybridized carbons (Fsp3) is 0.333. The summed E-state index contributed by atoms with van der Waals surface area (Å²) in [5.74, 6) is -1.67. The van der Waals surface area contributed by atoms with Crippen molar-refractivity contribution >= 4 is 23.2 Å². The third-order valence-corrected chi connectivity index (χ3v) is 3.77. The zero-order valence-electron chi connectivity index (χ0n) is 11.2. The molecule has 1 atom stereocenters. The maximum Gasteiger partial charge on any atom is 0.326 e. The summed E-state index contributed by atoms with van der Waals surface area (Å²) >= 11 is 1.000. The molecule has 0 saturated heterocycles. The van der Waals surface area contributed by atoms with Crippen molar-refractivity contribution in [1.29, 1.82) is 0 Å². The standard InChI is InChI=1S/C12H14N4O4S/c1-7-5-21-12(20)16(7)4-10(17)15-9(11(18)19)2-8-3-13-6-14-8/h3,5-6,9H,2,4H2,1H3,(H,13,14)(H,15,17)(H,18,19)/t9-/m1/s1. The number of rotatable bonds is 6. The van der Waals surface area contributed by atoms with Gasteiger partial charge < -0.3 is 15.4 Å². The number of imidazole rings is 1. The number of nitrogens with zero attached hydrogens (tertiary/aromatic N) is 2. The van der Waals surface area contributed by atoms with Gasteiger partial charge in [-0.05, 0) is 6.92 Å². The molecule has 0 unspecified atom stereocenters. The van der Waals surface area contributed by atoms with Crippen LogP contribution in [0.4, 0.5) is 0 Å². The second kappa shape index (κ2) is 6.35. The molecule has 112 valence electrons. The predicted octanol–water partition coefficient (Wildman–Crippen LogP) is -0.247. The third-order valence-electron chi connectivity index (χ3n) is 2.89. The normalized spacial score (nSPS) is 12.0. The number of carbonyl (C=O) groups is 2. The lowest BCUT2D eigenvalue weighted by atomic mass is 10.1. The van der Waals surface area contributed by atoms with Crippen LogP contribution in [-0.4, -0.2) is 37.6 Å². The van der Waals surface area contributed by atoms with E-state index in [1.54, 1.807) is 12.3 Å². The quantitative estimate of drug-likeness (QED) is 0.680. The smallest absolute Gasteiger partial charge is 0.326 e. The Morgan fingerprint density at radius 1 is 1.57 bits per heavy atom. The van der Waals surface area contributed by atoms with E-state index in [1.165, 1.54) is 17.1 Å². The zero-order valence-corrected chi connectivity index (χ0v) is 12.0. The van der Waals surface area contributed by atoms with Gasteiger partial charge in [0, 0.05) is 29.4 Å². The Morgan fingerprint density at radius 2 is 2.33 bits per heavy atom. The second-order valence-electron chi connectivity index (χ2n) is 4.47. The molecule has 0 bridgehead atoms. The number of aromatic amines is 1. The highest BCUT2D eigenvalue weighted by Crippen LogP contribution is 2.01. The summed E-state index contributed by atoms with van der Waals surface area (Å²) in [6.07, 6.45) is 3.03. The second-order valence-corrected chi connectivity index (χ2v) is 5.29. The molecule has 0 radical (unpaired) electrons. The van der Waals surface area contributed by atoms with Gasteiger partial charge in [-0.15, -0.1) is 0 Å². The van der Waals surface area contributed by atoms with Gasteiger partial charge in [0.2, 0.25) is 5.91 Å². The molecule has 0 aliphatic rings. The molecule has 1 amide bonds. The largest absolute Gasteiger partial charge is 0.480 e. The lowest BCUT2D eigenvalue weighted by Crippen LogP contribution is -2.44. The van der Waals surface area contributed by atoms with Crippen LogP contribution in [0.5, 0.6) is 0 Å². The molecule has 9 heteroatoms. The molecule has 2 aromatic heterocycles. The first-order valence-electron chi connectivity index (χ1n) is 6.11. The zero-order chi connectivity index (χ0) is 15.4. The minimum atomic E-state index is -1.15. The van der Waals surface area contributed by atoms with Crippen molar-refractivity contribution < 1.29 is 14.7 Å². The molecule has 0 aromatic carbocycles. The molecule has 0 aliphatic carbocycles. The molecule has 3 N–H and O–H groups in total. The van der Waals surface area contributed by atoms with Crippen LogP contribution in [0.2, 0.25) is 0 Å². The SMILES string of the molecule is Cc1csc(=O)n1CC(=O)N[C@H](Cc1cnc[nH]1)C(=O)O. The Kier molecular flexibility index (Phi) is 4.53. The van der Waals surface area contributed by atoms with Gasteiger partial charge in [-0.1, -0.05) is 11.3 Å². The number of aryl methyl sites for hydroxylation is 1. The van der Waals surface area contributed by atoms with E-state index in [0.717, 1.165) is 11.3 Å². The van der Waals surface area contributed by atoms with Crippen LogP contribution in [0.3, 0.4) is 0 Å². The number of amides is 1. The van der Waals surface area contributed by atoms with E-state index in [9.17, 15) is 14.4 Å². The number of carboxylic acids is 1. The number of aliphatic carboxylic acids is 1. The van der Waals surface area contributed by atoms with Gasteiger partial charge in [-0.2, -0.15) is 0 Å². The topological polar surface area (TPSA) is 117 Å². The minimum absolute atomic E-state index is 0.0958. The number of aromatic nitrogens is 3. The summed E-state index contributed by atoms with van der Waals surface area (Å²) in [6, 6.07) is -1.08. The van der Waals surface area contributed by atoms with E-state index in [1.807, 2.05) is 0 Å². The Hall–Kier alpha value is -2.42. The van der Waals surface area contributed by atoms with Crippen LogP contribution in [0.15, 0.2) is 22.7 Å². The van der Waals surface area contributed by atoms with Gasteiger partial charge in [0.15, 0.2) is 0 Å². The van der Waals surface area contributed by atoms with Gasteiger partial charge >= 0.3 is 10.8 Å². The molecule has 8 nitrogen and oxygen atoms in total. The van der Waals surface area contributed by atoms with Crippen LogP contribution < -0.4 is 10.2 Å². The van der Waals surface area contributed by atoms with Crippen molar-refractivity contribution in [1.82, 2.24) is 19.9 Å². The molecule has 2 rings (SSSR count). The van der Waals surface area contributed by atoms with E-state index >= 15 is 0 Å². The number of hydrogen-bond acceptors (Lipinski definition) is 5. The molecular formula is C12H14N4O4S. The Bertz CT molecular complexity index is 688. The van der Waals surface area contributed by atoms with Crippen LogP contribution in [0.1, 0.15) is 11.4 Å². The van der Waals surface area contributed by atoms with Gasteiger partial charge in [0.25, 0.3) is 0 Å². The average Bonchev–Trinajstić information content (AvgIpc) is 3.03. The van der Waals surface area contributed by atoms with Gasteiger partial charge in [-0.25, -0.2) is 9.78 Å². The van der Waals surface area contributed by atoms with Crippen LogP contribution in [-0.2, 0) is 22.6 Å². The molecule has 0 spiro atoms. The van der Waals surface area contributed by atoms with Crippen molar-refractivity contribution in [2.24, 2.45) is 0 Å². The molecule has 2 heterocycles. The van der Waals surface area contributed by atoms with Crippen molar-refractivity contribution in [3.05, 3.63) is 39.0 Å². The minimum Gasteiger partial charge on any atom is -0.480 e. The molecule has 21 heavy (non-hydrogen) atoms. The van der Waals surface area contributed by atoms with E-state index < -0.39 is 17.9 Å². The van der Waals surface area contributed by atoms with Crippen molar-refractivity contribution in [2.45, 2.75) is 25.9 Å². The van der Waals surface area contributed by atoms with E-state index in [2.05, 4.69) is 15.3 Å². The first kappa shape index (κ1) is 15.0. The fourth-order valence-corrected chi connectivity index (χ4v) is 2.53. The summed E-state index contributed by atoms with van der Waals surface area (Å²) < 4.78 is 1.30. The van der Waals surface area contributed by atoms with Gasteiger partial charge in [0.05, 0.1) is 6.33 Å².